The van der Waals surface area contributed by atoms with Gasteiger partial charge in [-0.15, -0.1) is 0 Å². The molecule has 0 aromatic heterocycles. The molecule has 10 heteroatoms. The van der Waals surface area contributed by atoms with Gasteiger partial charge < -0.3 is 18.9 Å². The van der Waals surface area contributed by atoms with Gasteiger partial charge in [0.1, 0.15) is 19.8 Å². The zero-order valence-corrected chi connectivity index (χ0v) is 34.5. The molecule has 0 amide bonds. The maximum absolute atomic E-state index is 12.6. The highest BCUT2D eigenvalue weighted by Crippen LogP contribution is 2.43. The summed E-state index contributed by atoms with van der Waals surface area (Å²) in [4.78, 5) is 35.2. The molecule has 0 bridgehead atoms. The van der Waals surface area contributed by atoms with Gasteiger partial charge in [0.2, 0.25) is 0 Å². The topological polar surface area (TPSA) is 108 Å². The average molecular weight is 745 g/mol. The van der Waals surface area contributed by atoms with Crippen LogP contribution in [-0.4, -0.2) is 74.9 Å². The van der Waals surface area contributed by atoms with Crippen LogP contribution < -0.4 is 0 Å². The fraction of sp³-hybridized carbons (Fsp3) is 0.854. The summed E-state index contributed by atoms with van der Waals surface area (Å²) in [6.07, 6.45) is 35.1. The second-order valence-electron chi connectivity index (χ2n) is 15.0. The Labute approximate surface area is 313 Å². The van der Waals surface area contributed by atoms with E-state index in [9.17, 15) is 19.0 Å². The summed E-state index contributed by atoms with van der Waals surface area (Å²) in [5.41, 5.74) is 0. The third kappa shape index (κ3) is 38.0. The Morgan fingerprint density at radius 1 is 0.608 bits per heavy atom. The molecule has 300 valence electrons. The van der Waals surface area contributed by atoms with E-state index in [1.165, 1.54) is 89.9 Å². The third-order valence-corrected chi connectivity index (χ3v) is 9.72. The number of quaternary nitrogens is 1. The molecule has 1 N–H and O–H groups in total. The fourth-order valence-corrected chi connectivity index (χ4v) is 6.20. The number of carbonyl (C=O) groups is 2. The lowest BCUT2D eigenvalue weighted by molar-refractivity contribution is -0.870. The zero-order valence-electron chi connectivity index (χ0n) is 33.6. The third-order valence-electron chi connectivity index (χ3n) is 8.73. The lowest BCUT2D eigenvalue weighted by Crippen LogP contribution is -2.37. The van der Waals surface area contributed by atoms with E-state index in [1.807, 2.05) is 21.1 Å². The monoisotopic (exact) mass is 745 g/mol. The van der Waals surface area contributed by atoms with Gasteiger partial charge in [0.25, 0.3) is 0 Å². The first kappa shape index (κ1) is 49.5. The fourth-order valence-electron chi connectivity index (χ4n) is 5.45. The molecular formula is C41H79NO8P+. The van der Waals surface area contributed by atoms with E-state index in [2.05, 4.69) is 38.2 Å². The highest BCUT2D eigenvalue weighted by atomic mass is 31.2. The number of esters is 2. The Bertz CT molecular complexity index is 933. The number of hydrogen-bond donors (Lipinski definition) is 1. The van der Waals surface area contributed by atoms with Gasteiger partial charge in [-0.25, -0.2) is 4.57 Å². The molecule has 0 heterocycles. The van der Waals surface area contributed by atoms with Gasteiger partial charge in [0.05, 0.1) is 27.7 Å². The molecule has 0 aromatic carbocycles. The number of ether oxygens (including phenoxy) is 2. The molecule has 0 saturated carbocycles. The minimum absolute atomic E-state index is 0.0314. The average Bonchev–Trinajstić information content (AvgIpc) is 3.07. The van der Waals surface area contributed by atoms with Gasteiger partial charge in [-0.3, -0.25) is 18.6 Å². The van der Waals surface area contributed by atoms with Crippen molar-refractivity contribution in [1.82, 2.24) is 0 Å². The van der Waals surface area contributed by atoms with Crippen molar-refractivity contribution in [2.75, 3.05) is 47.5 Å². The predicted octanol–water partition coefficient (Wildman–Crippen LogP) is 11.2. The maximum Gasteiger partial charge on any atom is 0.472 e. The molecule has 0 rings (SSSR count). The van der Waals surface area contributed by atoms with Gasteiger partial charge in [-0.1, -0.05) is 141 Å². The highest BCUT2D eigenvalue weighted by molar-refractivity contribution is 7.47. The number of allylic oxidation sites excluding steroid dienone is 4. The van der Waals surface area contributed by atoms with Crippen LogP contribution in [0.3, 0.4) is 0 Å². The summed E-state index contributed by atoms with van der Waals surface area (Å²) < 4.78 is 34.2. The quantitative estimate of drug-likeness (QED) is 0.0220. The summed E-state index contributed by atoms with van der Waals surface area (Å²) in [7, 11) is 1.47. The molecule has 0 radical (unpaired) electrons. The number of rotatable bonds is 37. The second-order valence-corrected chi connectivity index (χ2v) is 16.5. The van der Waals surface area contributed by atoms with Crippen LogP contribution in [0, 0.1) is 0 Å². The molecule has 0 aliphatic rings. The van der Waals surface area contributed by atoms with Gasteiger partial charge >= 0.3 is 19.8 Å². The first-order valence-electron chi connectivity index (χ1n) is 20.6. The van der Waals surface area contributed by atoms with Crippen LogP contribution in [0.1, 0.15) is 174 Å². The maximum atomic E-state index is 12.6. The van der Waals surface area contributed by atoms with E-state index >= 15 is 0 Å². The highest BCUT2D eigenvalue weighted by Gasteiger charge is 2.27. The summed E-state index contributed by atoms with van der Waals surface area (Å²) >= 11 is 0. The largest absolute Gasteiger partial charge is 0.472 e. The van der Waals surface area contributed by atoms with Crippen LogP contribution in [0.5, 0.6) is 0 Å². The summed E-state index contributed by atoms with van der Waals surface area (Å²) in [5.74, 6) is -0.808. The van der Waals surface area contributed by atoms with Crippen LogP contribution >= 0.6 is 7.82 Å². The number of nitrogens with zero attached hydrogens (tertiary/aromatic N) is 1. The normalized spacial score (nSPS) is 13.9. The van der Waals surface area contributed by atoms with Crippen molar-refractivity contribution in [2.24, 2.45) is 0 Å². The number of likely N-dealkylation sites (N-methyl/N-ethyl adjacent to an activating group) is 1. The van der Waals surface area contributed by atoms with Gasteiger partial charge in [0.15, 0.2) is 6.10 Å². The van der Waals surface area contributed by atoms with E-state index < -0.39 is 26.5 Å². The molecule has 0 fully saturated rings. The first-order valence-corrected chi connectivity index (χ1v) is 22.1. The van der Waals surface area contributed by atoms with Crippen LogP contribution in [0.25, 0.3) is 0 Å². The molecule has 0 spiro atoms. The molecule has 2 atom stereocenters. The molecule has 0 aromatic rings. The van der Waals surface area contributed by atoms with E-state index in [0.29, 0.717) is 17.4 Å². The van der Waals surface area contributed by atoms with Gasteiger partial charge in [-0.05, 0) is 44.9 Å². The molecule has 0 aliphatic carbocycles. The predicted molar refractivity (Wildman–Crippen MR) is 211 cm³/mol. The van der Waals surface area contributed by atoms with Crippen molar-refractivity contribution in [3.63, 3.8) is 0 Å². The molecule has 9 nitrogen and oxygen atoms in total. The number of phosphoric ester groups is 1. The molecule has 51 heavy (non-hydrogen) atoms. The Morgan fingerprint density at radius 3 is 1.57 bits per heavy atom. The number of carbonyl (C=O) groups excluding carboxylic acids is 2. The van der Waals surface area contributed by atoms with Crippen LogP contribution in [0.15, 0.2) is 24.3 Å². The van der Waals surface area contributed by atoms with Crippen molar-refractivity contribution in [1.29, 1.82) is 0 Å². The standard InChI is InChI=1S/C41H78NO8P/c1-6-8-10-12-14-16-17-18-19-20-21-22-23-24-26-28-30-32-34-41(44)50-39(38-49-51(45,46)48-36-35-42(3,4)5)37-47-40(43)33-31-29-27-25-15-13-11-9-7-2/h16-17,19-20,39H,6-15,18,21-38H2,1-5H3/p+1/b17-16-,20-19-. The van der Waals surface area contributed by atoms with Crippen LogP contribution in [-0.2, 0) is 32.7 Å². The smallest absolute Gasteiger partial charge is 0.462 e. The van der Waals surface area contributed by atoms with Crippen molar-refractivity contribution in [3.8, 4) is 0 Å². The minimum Gasteiger partial charge on any atom is -0.462 e. The number of phosphoric acid groups is 1. The Kier molecular flexibility index (Phi) is 33.3. The minimum atomic E-state index is -4.37. The molecule has 2 unspecified atom stereocenters. The Morgan fingerprint density at radius 2 is 1.06 bits per heavy atom. The SMILES string of the molecule is CCCCCC/C=C\C/C=C\CCCCCCCCCC(=O)OC(COC(=O)CCCCCCCCCCC)COP(=O)(O)OCC[N+](C)(C)C. The van der Waals surface area contributed by atoms with Gasteiger partial charge in [0, 0.05) is 12.8 Å². The summed E-state index contributed by atoms with van der Waals surface area (Å²) in [6.45, 7) is 4.37. The van der Waals surface area contributed by atoms with Crippen LogP contribution in [0.4, 0.5) is 0 Å². The zero-order chi connectivity index (χ0) is 37.9. The van der Waals surface area contributed by atoms with E-state index in [0.717, 1.165) is 51.4 Å². The van der Waals surface area contributed by atoms with Crippen molar-refractivity contribution in [3.05, 3.63) is 24.3 Å². The molecule has 0 aliphatic heterocycles. The lowest BCUT2D eigenvalue weighted by atomic mass is 10.1. The van der Waals surface area contributed by atoms with Crippen LogP contribution in [0.2, 0.25) is 0 Å². The van der Waals surface area contributed by atoms with E-state index in [-0.39, 0.29) is 32.0 Å². The van der Waals surface area contributed by atoms with Crippen molar-refractivity contribution < 1.29 is 42.1 Å². The van der Waals surface area contributed by atoms with E-state index in [1.54, 1.807) is 0 Å². The first-order chi connectivity index (χ1) is 24.5. The Balaban J connectivity index is 4.36. The molecule has 0 saturated heterocycles. The van der Waals surface area contributed by atoms with Gasteiger partial charge in [-0.2, -0.15) is 0 Å². The Hall–Kier alpha value is -1.51. The molecular weight excluding hydrogens is 665 g/mol. The number of hydrogen-bond acceptors (Lipinski definition) is 7. The lowest BCUT2D eigenvalue weighted by Gasteiger charge is -2.24. The summed E-state index contributed by atoms with van der Waals surface area (Å²) in [6, 6.07) is 0. The van der Waals surface area contributed by atoms with E-state index in [4.69, 9.17) is 18.5 Å². The van der Waals surface area contributed by atoms with Crippen molar-refractivity contribution in [2.45, 2.75) is 180 Å². The second kappa shape index (κ2) is 34.3. The summed E-state index contributed by atoms with van der Waals surface area (Å²) in [5, 5.41) is 0. The van der Waals surface area contributed by atoms with Crippen molar-refractivity contribution >= 4 is 19.8 Å². The number of unbranched alkanes of at least 4 members (excludes halogenated alkanes) is 19.